The van der Waals surface area contributed by atoms with Crippen LogP contribution in [-0.4, -0.2) is 6.54 Å². The van der Waals surface area contributed by atoms with Crippen LogP contribution < -0.4 is 10.1 Å². The van der Waals surface area contributed by atoms with Gasteiger partial charge in [-0.25, -0.2) is 0 Å². The molecule has 0 unspecified atom stereocenters. The average Bonchev–Trinajstić information content (AvgIpc) is 2.51. The first-order valence-corrected chi connectivity index (χ1v) is 7.87. The summed E-state index contributed by atoms with van der Waals surface area (Å²) in [5.41, 5.74) is 2.27. The molecule has 0 spiro atoms. The lowest BCUT2D eigenvalue weighted by Crippen LogP contribution is -2.14. The summed E-state index contributed by atoms with van der Waals surface area (Å²) >= 11 is 6.33. The molecule has 0 aliphatic carbocycles. The normalized spacial score (nSPS) is 10.6. The Labute approximate surface area is 132 Å². The molecule has 0 saturated heterocycles. The van der Waals surface area contributed by atoms with Gasteiger partial charge in [-0.1, -0.05) is 55.8 Å². The van der Waals surface area contributed by atoms with Crippen molar-refractivity contribution in [3.63, 3.8) is 0 Å². The molecule has 21 heavy (non-hydrogen) atoms. The standard InChI is InChI=1S/C18H22ClNO/c1-3-12-20-13-15-9-7-10-16(19)18(15)21-17-11-6-5-8-14(17)4-2/h5-11,20H,3-4,12-13H2,1-2H3. The summed E-state index contributed by atoms with van der Waals surface area (Å²) in [6.45, 7) is 6.02. The Morgan fingerprint density at radius 2 is 1.76 bits per heavy atom. The van der Waals surface area contributed by atoms with Gasteiger partial charge in [-0.3, -0.25) is 0 Å². The van der Waals surface area contributed by atoms with E-state index >= 15 is 0 Å². The molecule has 0 saturated carbocycles. The van der Waals surface area contributed by atoms with Crippen LogP contribution in [0.5, 0.6) is 11.5 Å². The summed E-state index contributed by atoms with van der Waals surface area (Å²) < 4.78 is 6.12. The van der Waals surface area contributed by atoms with Crippen molar-refractivity contribution in [3.8, 4) is 11.5 Å². The number of rotatable bonds is 7. The molecule has 2 aromatic rings. The highest BCUT2D eigenvalue weighted by Gasteiger charge is 2.11. The van der Waals surface area contributed by atoms with Crippen molar-refractivity contribution in [2.75, 3.05) is 6.54 Å². The van der Waals surface area contributed by atoms with E-state index in [0.29, 0.717) is 5.02 Å². The molecular formula is C18H22ClNO. The Morgan fingerprint density at radius 3 is 2.52 bits per heavy atom. The monoisotopic (exact) mass is 303 g/mol. The summed E-state index contributed by atoms with van der Waals surface area (Å²) in [5.74, 6) is 1.63. The van der Waals surface area contributed by atoms with E-state index in [0.717, 1.165) is 43.0 Å². The first-order chi connectivity index (χ1) is 10.3. The molecule has 3 heteroatoms. The van der Waals surface area contributed by atoms with Gasteiger partial charge in [-0.15, -0.1) is 0 Å². The number of hydrogen-bond donors (Lipinski definition) is 1. The smallest absolute Gasteiger partial charge is 0.150 e. The van der Waals surface area contributed by atoms with E-state index < -0.39 is 0 Å². The average molecular weight is 304 g/mol. The molecule has 0 amide bonds. The molecule has 0 atom stereocenters. The lowest BCUT2D eigenvalue weighted by Gasteiger charge is -2.15. The minimum atomic E-state index is 0.650. The maximum atomic E-state index is 6.33. The summed E-state index contributed by atoms with van der Waals surface area (Å²) in [6.07, 6.45) is 2.04. The molecule has 112 valence electrons. The van der Waals surface area contributed by atoms with Crippen molar-refractivity contribution in [1.29, 1.82) is 0 Å². The van der Waals surface area contributed by atoms with Crippen molar-refractivity contribution in [2.24, 2.45) is 0 Å². The lowest BCUT2D eigenvalue weighted by molar-refractivity contribution is 0.467. The van der Waals surface area contributed by atoms with Crippen LogP contribution in [0, 0.1) is 0 Å². The van der Waals surface area contributed by atoms with Crippen molar-refractivity contribution in [1.82, 2.24) is 5.32 Å². The number of para-hydroxylation sites is 2. The highest BCUT2D eigenvalue weighted by molar-refractivity contribution is 6.32. The van der Waals surface area contributed by atoms with Crippen molar-refractivity contribution < 1.29 is 4.74 Å². The molecule has 2 rings (SSSR count). The molecule has 1 N–H and O–H groups in total. The van der Waals surface area contributed by atoms with Gasteiger partial charge in [0.15, 0.2) is 5.75 Å². The summed E-state index contributed by atoms with van der Waals surface area (Å²) in [7, 11) is 0. The van der Waals surface area contributed by atoms with Gasteiger partial charge in [0, 0.05) is 12.1 Å². The maximum Gasteiger partial charge on any atom is 0.150 e. The van der Waals surface area contributed by atoms with Crippen LogP contribution in [-0.2, 0) is 13.0 Å². The van der Waals surface area contributed by atoms with Crippen molar-refractivity contribution in [3.05, 3.63) is 58.6 Å². The quantitative estimate of drug-likeness (QED) is 0.710. The van der Waals surface area contributed by atoms with Gasteiger partial charge >= 0.3 is 0 Å². The zero-order valence-corrected chi connectivity index (χ0v) is 13.4. The van der Waals surface area contributed by atoms with Crippen LogP contribution in [0.4, 0.5) is 0 Å². The third-order valence-electron chi connectivity index (χ3n) is 3.36. The number of nitrogens with one attached hydrogen (secondary N) is 1. The molecule has 0 heterocycles. The SMILES string of the molecule is CCCNCc1cccc(Cl)c1Oc1ccccc1CC. The molecule has 0 bridgehead atoms. The minimum absolute atomic E-state index is 0.650. The third-order valence-corrected chi connectivity index (χ3v) is 3.65. The Morgan fingerprint density at radius 1 is 1.00 bits per heavy atom. The van der Waals surface area contributed by atoms with Gasteiger partial charge in [0.25, 0.3) is 0 Å². The van der Waals surface area contributed by atoms with Crippen LogP contribution >= 0.6 is 11.6 Å². The van der Waals surface area contributed by atoms with E-state index in [1.807, 2.05) is 30.3 Å². The molecule has 0 radical (unpaired) electrons. The topological polar surface area (TPSA) is 21.3 Å². The second-order valence-corrected chi connectivity index (χ2v) is 5.38. The maximum absolute atomic E-state index is 6.33. The molecule has 0 fully saturated rings. The second kappa shape index (κ2) is 8.06. The summed E-state index contributed by atoms with van der Waals surface area (Å²) in [6, 6.07) is 14.0. The van der Waals surface area contributed by atoms with E-state index in [4.69, 9.17) is 16.3 Å². The van der Waals surface area contributed by atoms with Crippen molar-refractivity contribution >= 4 is 11.6 Å². The number of halogens is 1. The molecule has 0 aliphatic heterocycles. The predicted octanol–water partition coefficient (Wildman–Crippen LogP) is 5.19. The Hall–Kier alpha value is -1.51. The van der Waals surface area contributed by atoms with Gasteiger partial charge in [-0.2, -0.15) is 0 Å². The number of benzene rings is 2. The third kappa shape index (κ3) is 4.23. The molecule has 0 aromatic heterocycles. The van der Waals surface area contributed by atoms with Gasteiger partial charge in [0.2, 0.25) is 0 Å². The summed E-state index contributed by atoms with van der Waals surface area (Å²) in [4.78, 5) is 0. The van der Waals surface area contributed by atoms with Crippen LogP contribution in [0.25, 0.3) is 0 Å². The fourth-order valence-electron chi connectivity index (χ4n) is 2.21. The molecule has 2 nitrogen and oxygen atoms in total. The predicted molar refractivity (Wildman–Crippen MR) is 89.3 cm³/mol. The first-order valence-electron chi connectivity index (χ1n) is 7.50. The lowest BCUT2D eigenvalue weighted by atomic mass is 10.1. The second-order valence-electron chi connectivity index (χ2n) is 4.97. The van der Waals surface area contributed by atoms with Gasteiger partial charge in [0.05, 0.1) is 5.02 Å². The van der Waals surface area contributed by atoms with Gasteiger partial charge in [-0.05, 0) is 37.1 Å². The van der Waals surface area contributed by atoms with E-state index in [1.54, 1.807) is 0 Å². The zero-order chi connectivity index (χ0) is 15.1. The Balaban J connectivity index is 2.25. The Bertz CT molecular complexity index is 583. The number of hydrogen-bond acceptors (Lipinski definition) is 2. The molecule has 2 aromatic carbocycles. The zero-order valence-electron chi connectivity index (χ0n) is 12.7. The highest BCUT2D eigenvalue weighted by Crippen LogP contribution is 2.34. The van der Waals surface area contributed by atoms with Crippen LogP contribution in [0.15, 0.2) is 42.5 Å². The van der Waals surface area contributed by atoms with Crippen LogP contribution in [0.3, 0.4) is 0 Å². The van der Waals surface area contributed by atoms with E-state index in [1.165, 1.54) is 5.56 Å². The number of ether oxygens (including phenoxy) is 1. The molecule has 0 aliphatic rings. The number of aryl methyl sites for hydroxylation is 1. The highest BCUT2D eigenvalue weighted by atomic mass is 35.5. The van der Waals surface area contributed by atoms with E-state index in [9.17, 15) is 0 Å². The summed E-state index contributed by atoms with van der Waals surface area (Å²) in [5, 5.41) is 4.04. The molecular weight excluding hydrogens is 282 g/mol. The van der Waals surface area contributed by atoms with Crippen LogP contribution in [0.2, 0.25) is 5.02 Å². The first kappa shape index (κ1) is 15.9. The Kier molecular flexibility index (Phi) is 6.09. The van der Waals surface area contributed by atoms with Gasteiger partial charge < -0.3 is 10.1 Å². The fraction of sp³-hybridized carbons (Fsp3) is 0.333. The van der Waals surface area contributed by atoms with E-state index in [2.05, 4.69) is 31.3 Å². The van der Waals surface area contributed by atoms with Gasteiger partial charge in [0.1, 0.15) is 5.75 Å². The van der Waals surface area contributed by atoms with E-state index in [-0.39, 0.29) is 0 Å². The largest absolute Gasteiger partial charge is 0.455 e. The van der Waals surface area contributed by atoms with Crippen molar-refractivity contribution in [2.45, 2.75) is 33.2 Å². The fourth-order valence-corrected chi connectivity index (χ4v) is 2.44. The minimum Gasteiger partial charge on any atom is -0.455 e. The van der Waals surface area contributed by atoms with Crippen LogP contribution in [0.1, 0.15) is 31.4 Å².